The highest BCUT2D eigenvalue weighted by atomic mass is 19.1. The molecule has 0 saturated carbocycles. The molecule has 0 aromatic heterocycles. The molecule has 2 atom stereocenters. The fourth-order valence-corrected chi connectivity index (χ4v) is 3.29. The highest BCUT2D eigenvalue weighted by Gasteiger charge is 2.40. The van der Waals surface area contributed by atoms with Gasteiger partial charge in [-0.05, 0) is 30.7 Å². The summed E-state index contributed by atoms with van der Waals surface area (Å²) in [5.74, 6) is -2.32. The van der Waals surface area contributed by atoms with Crippen LogP contribution in [0.15, 0.2) is 48.5 Å². The Balaban J connectivity index is 1.56. The zero-order valence-electron chi connectivity index (χ0n) is 16.5. The maximum Gasteiger partial charge on any atom is 0.329 e. The second-order valence-electron chi connectivity index (χ2n) is 7.24. The van der Waals surface area contributed by atoms with E-state index in [4.69, 9.17) is 4.74 Å². The maximum absolute atomic E-state index is 13.8. The number of amides is 2. The fourth-order valence-electron chi connectivity index (χ4n) is 3.29. The predicted octanol–water partition coefficient (Wildman–Crippen LogP) is 1.82. The molecular weight excluding hydrogens is 391 g/mol. The summed E-state index contributed by atoms with van der Waals surface area (Å²) in [4.78, 5) is 38.2. The topological polar surface area (TPSA) is 95.9 Å². The lowest BCUT2D eigenvalue weighted by Crippen LogP contribution is -2.43. The van der Waals surface area contributed by atoms with Gasteiger partial charge in [-0.2, -0.15) is 0 Å². The SMILES string of the molecule is Cc1ccc(NC(=O)COC(=O)[C@@H]2C[C@@H](O)CN2C(=O)Cc2ccccc2F)cc1. The van der Waals surface area contributed by atoms with Crippen LogP contribution in [0.3, 0.4) is 0 Å². The Labute approximate surface area is 173 Å². The van der Waals surface area contributed by atoms with Gasteiger partial charge in [-0.15, -0.1) is 0 Å². The Morgan fingerprint density at radius 1 is 1.17 bits per heavy atom. The van der Waals surface area contributed by atoms with E-state index in [0.717, 1.165) is 5.56 Å². The molecule has 158 valence electrons. The lowest BCUT2D eigenvalue weighted by molar-refractivity contribution is -0.155. The summed E-state index contributed by atoms with van der Waals surface area (Å²) < 4.78 is 18.9. The number of aliphatic hydroxyl groups excluding tert-OH is 1. The normalized spacial score (nSPS) is 18.2. The van der Waals surface area contributed by atoms with Gasteiger partial charge in [0.25, 0.3) is 5.91 Å². The first-order chi connectivity index (χ1) is 14.3. The molecule has 2 aromatic carbocycles. The second kappa shape index (κ2) is 9.49. The van der Waals surface area contributed by atoms with E-state index in [1.807, 2.05) is 19.1 Å². The predicted molar refractivity (Wildman–Crippen MR) is 107 cm³/mol. The Morgan fingerprint density at radius 2 is 1.87 bits per heavy atom. The Bertz CT molecular complexity index is 931. The highest BCUT2D eigenvalue weighted by molar-refractivity contribution is 5.93. The van der Waals surface area contributed by atoms with E-state index in [2.05, 4.69) is 5.32 Å². The van der Waals surface area contributed by atoms with Crippen molar-refractivity contribution in [1.29, 1.82) is 0 Å². The molecule has 0 unspecified atom stereocenters. The van der Waals surface area contributed by atoms with Crippen molar-refractivity contribution in [2.45, 2.75) is 31.9 Å². The molecule has 1 heterocycles. The molecule has 0 bridgehead atoms. The summed E-state index contributed by atoms with van der Waals surface area (Å²) >= 11 is 0. The zero-order chi connectivity index (χ0) is 21.7. The monoisotopic (exact) mass is 414 g/mol. The van der Waals surface area contributed by atoms with Crippen molar-refractivity contribution >= 4 is 23.5 Å². The average molecular weight is 414 g/mol. The van der Waals surface area contributed by atoms with Crippen LogP contribution < -0.4 is 5.32 Å². The molecule has 2 amide bonds. The number of aryl methyl sites for hydroxylation is 1. The van der Waals surface area contributed by atoms with E-state index in [0.29, 0.717) is 5.69 Å². The van der Waals surface area contributed by atoms with Crippen molar-refractivity contribution in [3.05, 3.63) is 65.5 Å². The number of halogens is 1. The summed E-state index contributed by atoms with van der Waals surface area (Å²) in [5, 5.41) is 12.5. The minimum Gasteiger partial charge on any atom is -0.454 e. The second-order valence-corrected chi connectivity index (χ2v) is 7.24. The van der Waals surface area contributed by atoms with E-state index in [1.165, 1.54) is 23.1 Å². The Kier molecular flexibility index (Phi) is 6.79. The first kappa shape index (κ1) is 21.4. The van der Waals surface area contributed by atoms with Crippen molar-refractivity contribution in [3.8, 4) is 0 Å². The quantitative estimate of drug-likeness (QED) is 0.703. The summed E-state index contributed by atoms with van der Waals surface area (Å²) in [5.41, 5.74) is 1.81. The number of β-amino-alcohol motifs (C(OH)–C–C–N with tert-alkyl or cyclic N) is 1. The largest absolute Gasteiger partial charge is 0.454 e. The number of benzene rings is 2. The minimum absolute atomic E-state index is 0.00142. The van der Waals surface area contributed by atoms with Gasteiger partial charge in [0, 0.05) is 18.7 Å². The van der Waals surface area contributed by atoms with Crippen molar-refractivity contribution in [1.82, 2.24) is 4.90 Å². The number of ether oxygens (including phenoxy) is 1. The van der Waals surface area contributed by atoms with Crippen LogP contribution in [-0.4, -0.2) is 53.1 Å². The van der Waals surface area contributed by atoms with E-state index >= 15 is 0 Å². The molecule has 0 spiro atoms. The molecule has 8 heteroatoms. The number of nitrogens with one attached hydrogen (secondary N) is 1. The summed E-state index contributed by atoms with van der Waals surface area (Å²) in [6.45, 7) is 1.35. The van der Waals surface area contributed by atoms with Crippen molar-refractivity contribution in [2.75, 3.05) is 18.5 Å². The van der Waals surface area contributed by atoms with E-state index in [9.17, 15) is 23.9 Å². The number of esters is 1. The van der Waals surface area contributed by atoms with Crippen LogP contribution in [0.2, 0.25) is 0 Å². The number of carbonyl (C=O) groups is 3. The number of hydrogen-bond donors (Lipinski definition) is 2. The number of hydrogen-bond acceptors (Lipinski definition) is 5. The number of aliphatic hydroxyl groups is 1. The molecule has 1 saturated heterocycles. The lowest BCUT2D eigenvalue weighted by Gasteiger charge is -2.23. The molecule has 0 radical (unpaired) electrons. The van der Waals surface area contributed by atoms with Gasteiger partial charge in [0.2, 0.25) is 5.91 Å². The summed E-state index contributed by atoms with van der Waals surface area (Å²) in [6.07, 6.45) is -1.13. The van der Waals surface area contributed by atoms with Gasteiger partial charge in [0.05, 0.1) is 12.5 Å². The number of rotatable bonds is 6. The number of anilines is 1. The van der Waals surface area contributed by atoms with Gasteiger partial charge in [-0.1, -0.05) is 35.9 Å². The molecule has 1 aliphatic heterocycles. The summed E-state index contributed by atoms with van der Waals surface area (Å²) in [6, 6.07) is 12.0. The van der Waals surface area contributed by atoms with Gasteiger partial charge >= 0.3 is 5.97 Å². The first-order valence-corrected chi connectivity index (χ1v) is 9.57. The van der Waals surface area contributed by atoms with E-state index in [-0.39, 0.29) is 24.9 Å². The third kappa shape index (κ3) is 5.42. The zero-order valence-corrected chi connectivity index (χ0v) is 16.5. The smallest absolute Gasteiger partial charge is 0.329 e. The standard InChI is InChI=1S/C22H23FN2O5/c1-14-6-8-16(9-7-14)24-20(27)13-30-22(29)19-11-17(26)12-25(19)21(28)10-15-4-2-3-5-18(15)23/h2-9,17,19,26H,10-13H2,1H3,(H,24,27)/t17-,19+/m1/s1. The molecule has 1 fully saturated rings. The number of carbonyl (C=O) groups excluding carboxylic acids is 3. The molecule has 2 aromatic rings. The number of nitrogens with zero attached hydrogens (tertiary/aromatic N) is 1. The van der Waals surface area contributed by atoms with Crippen LogP contribution >= 0.6 is 0 Å². The fraction of sp³-hybridized carbons (Fsp3) is 0.318. The van der Waals surface area contributed by atoms with Crippen LogP contribution in [0, 0.1) is 12.7 Å². The van der Waals surface area contributed by atoms with E-state index in [1.54, 1.807) is 18.2 Å². The molecule has 3 rings (SSSR count). The Hall–Kier alpha value is -3.26. The van der Waals surface area contributed by atoms with Gasteiger partial charge < -0.3 is 20.1 Å². The lowest BCUT2D eigenvalue weighted by atomic mass is 10.1. The Morgan fingerprint density at radius 3 is 2.57 bits per heavy atom. The van der Waals surface area contributed by atoms with Crippen molar-refractivity contribution in [3.63, 3.8) is 0 Å². The van der Waals surface area contributed by atoms with Gasteiger partial charge in [-0.3, -0.25) is 9.59 Å². The maximum atomic E-state index is 13.8. The number of likely N-dealkylation sites (tertiary alicyclic amines) is 1. The van der Waals surface area contributed by atoms with Gasteiger partial charge in [0.1, 0.15) is 11.9 Å². The van der Waals surface area contributed by atoms with Crippen molar-refractivity contribution < 1.29 is 28.6 Å². The average Bonchev–Trinajstić information content (AvgIpc) is 3.11. The molecule has 2 N–H and O–H groups in total. The molecule has 30 heavy (non-hydrogen) atoms. The molecule has 7 nitrogen and oxygen atoms in total. The van der Waals surface area contributed by atoms with Crippen LogP contribution in [0.4, 0.5) is 10.1 Å². The van der Waals surface area contributed by atoms with Gasteiger partial charge in [0.15, 0.2) is 6.61 Å². The van der Waals surface area contributed by atoms with Crippen LogP contribution in [0.25, 0.3) is 0 Å². The highest BCUT2D eigenvalue weighted by Crippen LogP contribution is 2.21. The minimum atomic E-state index is -1.02. The van der Waals surface area contributed by atoms with Gasteiger partial charge in [-0.25, -0.2) is 9.18 Å². The molecule has 1 aliphatic rings. The van der Waals surface area contributed by atoms with Crippen molar-refractivity contribution in [2.24, 2.45) is 0 Å². The molecule has 0 aliphatic carbocycles. The van der Waals surface area contributed by atoms with Crippen LogP contribution in [-0.2, 0) is 25.5 Å². The summed E-state index contributed by atoms with van der Waals surface area (Å²) in [7, 11) is 0. The van der Waals surface area contributed by atoms with Crippen LogP contribution in [0.1, 0.15) is 17.5 Å². The molecular formula is C22H23FN2O5. The third-order valence-electron chi connectivity index (χ3n) is 4.85. The first-order valence-electron chi connectivity index (χ1n) is 9.57. The van der Waals surface area contributed by atoms with E-state index < -0.39 is 42.4 Å². The third-order valence-corrected chi connectivity index (χ3v) is 4.85. The van der Waals surface area contributed by atoms with Crippen LogP contribution in [0.5, 0.6) is 0 Å².